The van der Waals surface area contributed by atoms with Crippen molar-refractivity contribution in [2.75, 3.05) is 18.6 Å². The van der Waals surface area contributed by atoms with Crippen molar-refractivity contribution in [1.29, 1.82) is 0 Å². The molecule has 3 aromatic rings. The first-order chi connectivity index (χ1) is 18.3. The molecule has 0 radical (unpaired) electrons. The van der Waals surface area contributed by atoms with Gasteiger partial charge in [-0.05, 0) is 44.5 Å². The Morgan fingerprint density at radius 3 is 2.53 bits per heavy atom. The molecule has 1 atom stereocenters. The van der Waals surface area contributed by atoms with Crippen LogP contribution in [-0.4, -0.2) is 36.2 Å². The SMILES string of the molecule is C=CCN1C(=O)/C(=c2\sc3n(c2=O)[C@@H](c2ccc(OC)cc2)C(C(=O)OC(C)C)=C(C)N=3)c2ccccc21. The third kappa shape index (κ3) is 4.09. The van der Waals surface area contributed by atoms with Gasteiger partial charge >= 0.3 is 5.97 Å². The zero-order valence-electron chi connectivity index (χ0n) is 21.6. The first kappa shape index (κ1) is 25.4. The predicted octanol–water partition coefficient (Wildman–Crippen LogP) is 3.10. The Labute approximate surface area is 223 Å². The molecule has 8 nitrogen and oxygen atoms in total. The second-order valence-electron chi connectivity index (χ2n) is 9.23. The molecule has 1 amide bonds. The molecule has 38 heavy (non-hydrogen) atoms. The maximum absolute atomic E-state index is 14.1. The molecular weight excluding hydrogens is 502 g/mol. The number of allylic oxidation sites excluding steroid dienone is 1. The highest BCUT2D eigenvalue weighted by atomic mass is 32.1. The monoisotopic (exact) mass is 529 g/mol. The van der Waals surface area contributed by atoms with E-state index in [1.807, 2.05) is 36.4 Å². The summed E-state index contributed by atoms with van der Waals surface area (Å²) in [5.74, 6) is -0.169. The lowest BCUT2D eigenvalue weighted by molar-refractivity contribution is -0.143. The molecule has 0 aliphatic carbocycles. The van der Waals surface area contributed by atoms with E-state index in [1.165, 1.54) is 4.57 Å². The minimum atomic E-state index is -0.784. The number of hydrogen-bond acceptors (Lipinski definition) is 7. The van der Waals surface area contributed by atoms with Gasteiger partial charge in [-0.3, -0.25) is 14.2 Å². The summed E-state index contributed by atoms with van der Waals surface area (Å²) in [5, 5.41) is 0. The molecule has 2 aliphatic rings. The largest absolute Gasteiger partial charge is 0.497 e. The van der Waals surface area contributed by atoms with Crippen molar-refractivity contribution >= 4 is 34.5 Å². The summed E-state index contributed by atoms with van der Waals surface area (Å²) >= 11 is 1.15. The summed E-state index contributed by atoms with van der Waals surface area (Å²) in [5.41, 5.74) is 2.77. The van der Waals surface area contributed by atoms with E-state index in [1.54, 1.807) is 51.0 Å². The number of fused-ring (bicyclic) bond motifs is 2. The average molecular weight is 530 g/mol. The number of aromatic nitrogens is 1. The lowest BCUT2D eigenvalue weighted by atomic mass is 9.95. The number of methoxy groups -OCH3 is 1. The van der Waals surface area contributed by atoms with Crippen LogP contribution < -0.4 is 24.5 Å². The second-order valence-corrected chi connectivity index (χ2v) is 10.2. The Balaban J connectivity index is 1.79. The number of thiazole rings is 1. The molecule has 1 aromatic heterocycles. The van der Waals surface area contributed by atoms with E-state index in [0.29, 0.717) is 39.5 Å². The van der Waals surface area contributed by atoms with Crippen LogP contribution >= 0.6 is 11.3 Å². The van der Waals surface area contributed by atoms with Gasteiger partial charge in [0.05, 0.1) is 41.8 Å². The Bertz CT molecular complexity index is 1680. The molecule has 3 heterocycles. The van der Waals surface area contributed by atoms with E-state index in [0.717, 1.165) is 17.0 Å². The molecule has 0 spiro atoms. The van der Waals surface area contributed by atoms with Crippen molar-refractivity contribution in [2.24, 2.45) is 4.99 Å². The fraction of sp³-hybridized carbons (Fsp3) is 0.241. The number of anilines is 1. The molecule has 2 aliphatic heterocycles. The molecule has 194 valence electrons. The van der Waals surface area contributed by atoms with Crippen LogP contribution in [0.3, 0.4) is 0 Å². The number of nitrogens with zero attached hydrogens (tertiary/aromatic N) is 3. The number of carbonyl (C=O) groups excluding carboxylic acids is 2. The topological polar surface area (TPSA) is 90.2 Å². The van der Waals surface area contributed by atoms with Crippen molar-refractivity contribution < 1.29 is 19.1 Å². The number of ether oxygens (including phenoxy) is 2. The van der Waals surface area contributed by atoms with Crippen molar-refractivity contribution in [1.82, 2.24) is 4.57 Å². The maximum atomic E-state index is 14.1. The van der Waals surface area contributed by atoms with Gasteiger partial charge in [0, 0.05) is 12.1 Å². The van der Waals surface area contributed by atoms with Crippen LogP contribution in [0.2, 0.25) is 0 Å². The van der Waals surface area contributed by atoms with Gasteiger partial charge in [-0.1, -0.05) is 47.7 Å². The van der Waals surface area contributed by atoms with Crippen LogP contribution in [0, 0.1) is 0 Å². The molecule has 0 fully saturated rings. The summed E-state index contributed by atoms with van der Waals surface area (Å²) in [6, 6.07) is 13.8. The number of benzene rings is 2. The number of hydrogen-bond donors (Lipinski definition) is 0. The van der Waals surface area contributed by atoms with Crippen LogP contribution in [0.15, 0.2) is 82.2 Å². The van der Waals surface area contributed by atoms with Crippen LogP contribution in [0.5, 0.6) is 5.75 Å². The first-order valence-corrected chi connectivity index (χ1v) is 13.0. The third-order valence-electron chi connectivity index (χ3n) is 6.45. The van der Waals surface area contributed by atoms with Crippen LogP contribution in [0.4, 0.5) is 5.69 Å². The lowest BCUT2D eigenvalue weighted by Crippen LogP contribution is -2.41. The molecule has 0 unspecified atom stereocenters. The van der Waals surface area contributed by atoms with Crippen LogP contribution in [0.1, 0.15) is 37.9 Å². The van der Waals surface area contributed by atoms with Crippen LogP contribution in [-0.2, 0) is 14.3 Å². The number of para-hydroxylation sites is 1. The third-order valence-corrected chi connectivity index (χ3v) is 7.51. The quantitative estimate of drug-likeness (QED) is 0.362. The average Bonchev–Trinajstić information content (AvgIpc) is 3.35. The highest BCUT2D eigenvalue weighted by Gasteiger charge is 2.37. The molecule has 0 N–H and O–H groups in total. The predicted molar refractivity (Wildman–Crippen MR) is 146 cm³/mol. The molecule has 0 bridgehead atoms. The highest BCUT2D eigenvalue weighted by Crippen LogP contribution is 2.35. The van der Waals surface area contributed by atoms with Gasteiger partial charge in [-0.2, -0.15) is 0 Å². The van der Waals surface area contributed by atoms with E-state index in [-0.39, 0.29) is 22.1 Å². The minimum Gasteiger partial charge on any atom is -0.497 e. The summed E-state index contributed by atoms with van der Waals surface area (Å²) < 4.78 is 12.6. The van der Waals surface area contributed by atoms with E-state index in [4.69, 9.17) is 9.47 Å². The standard InChI is InChI=1S/C29H27N3O5S/c1-6-15-31-21-10-8-7-9-20(21)23(26(31)33)25-27(34)32-24(18-11-13-19(36-5)14-12-18)22(28(35)37-16(2)3)17(4)30-29(32)38-25/h6-14,16,24H,1,15H2,2-5H3/b25-23-/t24-/m0/s1. The van der Waals surface area contributed by atoms with Gasteiger partial charge in [0.25, 0.3) is 11.5 Å². The van der Waals surface area contributed by atoms with Gasteiger partial charge < -0.3 is 14.4 Å². The van der Waals surface area contributed by atoms with E-state index < -0.39 is 17.6 Å². The van der Waals surface area contributed by atoms with E-state index in [9.17, 15) is 14.4 Å². The van der Waals surface area contributed by atoms with Crippen molar-refractivity contribution in [2.45, 2.75) is 32.9 Å². The zero-order valence-corrected chi connectivity index (χ0v) is 22.4. The Kier molecular flexibility index (Phi) is 6.62. The zero-order chi connectivity index (χ0) is 27.1. The van der Waals surface area contributed by atoms with E-state index in [2.05, 4.69) is 11.6 Å². The maximum Gasteiger partial charge on any atom is 0.338 e. The fourth-order valence-corrected chi connectivity index (χ4v) is 5.96. The summed E-state index contributed by atoms with van der Waals surface area (Å²) in [6.07, 6.45) is 1.30. The van der Waals surface area contributed by atoms with Gasteiger partial charge in [-0.25, -0.2) is 9.79 Å². The van der Waals surface area contributed by atoms with Crippen molar-refractivity contribution in [3.63, 3.8) is 0 Å². The molecule has 0 saturated heterocycles. The molecule has 0 saturated carbocycles. The van der Waals surface area contributed by atoms with Crippen molar-refractivity contribution in [3.05, 3.63) is 103 Å². The second kappa shape index (κ2) is 9.90. The van der Waals surface area contributed by atoms with Gasteiger partial charge in [-0.15, -0.1) is 6.58 Å². The number of rotatable bonds is 6. The van der Waals surface area contributed by atoms with Gasteiger partial charge in [0.2, 0.25) is 0 Å². The number of esters is 1. The van der Waals surface area contributed by atoms with Gasteiger partial charge in [0.15, 0.2) is 4.80 Å². The summed E-state index contributed by atoms with van der Waals surface area (Å²) in [6.45, 7) is 9.36. The number of amides is 1. The molecular formula is C29H27N3O5S. The molecule has 5 rings (SSSR count). The fourth-order valence-electron chi connectivity index (χ4n) is 4.82. The summed E-state index contributed by atoms with van der Waals surface area (Å²) in [7, 11) is 1.57. The number of carbonyl (C=O) groups is 2. The van der Waals surface area contributed by atoms with Crippen molar-refractivity contribution in [3.8, 4) is 5.75 Å². The first-order valence-electron chi connectivity index (χ1n) is 12.2. The minimum absolute atomic E-state index is 0.271. The van der Waals surface area contributed by atoms with Gasteiger partial charge in [0.1, 0.15) is 10.3 Å². The lowest BCUT2D eigenvalue weighted by Gasteiger charge is -2.25. The normalized spacial score (nSPS) is 17.8. The Morgan fingerprint density at radius 1 is 1.16 bits per heavy atom. The van der Waals surface area contributed by atoms with Crippen LogP contribution in [0.25, 0.3) is 5.57 Å². The summed E-state index contributed by atoms with van der Waals surface area (Å²) in [4.78, 5) is 47.6. The van der Waals surface area contributed by atoms with E-state index >= 15 is 0 Å². The smallest absolute Gasteiger partial charge is 0.338 e. The Hall–Kier alpha value is -4.24. The highest BCUT2D eigenvalue weighted by molar-refractivity contribution is 7.07. The molecule has 9 heteroatoms. The molecule has 2 aromatic carbocycles. The Morgan fingerprint density at radius 2 is 1.87 bits per heavy atom.